The summed E-state index contributed by atoms with van der Waals surface area (Å²) in [5.41, 5.74) is 3.42. The van der Waals surface area contributed by atoms with E-state index in [4.69, 9.17) is 0 Å². The Bertz CT molecular complexity index is 742. The van der Waals surface area contributed by atoms with E-state index in [1.54, 1.807) is 18.0 Å². The molecule has 2 aromatic rings. The van der Waals surface area contributed by atoms with E-state index in [1.165, 1.54) is 16.0 Å². The molecule has 0 spiro atoms. The first kappa shape index (κ1) is 19.9. The molecule has 1 fully saturated rings. The van der Waals surface area contributed by atoms with Crippen LogP contribution in [0.25, 0.3) is 0 Å². The summed E-state index contributed by atoms with van der Waals surface area (Å²) in [4.78, 5) is 20.9. The Morgan fingerprint density at radius 1 is 1.22 bits per heavy atom. The molecule has 1 saturated heterocycles. The summed E-state index contributed by atoms with van der Waals surface area (Å²) in [5, 5.41) is 3.45. The highest BCUT2D eigenvalue weighted by atomic mass is 32.2. The van der Waals surface area contributed by atoms with Crippen LogP contribution in [0.15, 0.2) is 47.5 Å². The number of aromatic nitrogens is 1. The Labute approximate surface area is 166 Å². The van der Waals surface area contributed by atoms with E-state index >= 15 is 0 Å². The number of rotatable bonds is 6. The zero-order valence-electron chi connectivity index (χ0n) is 16.3. The van der Waals surface area contributed by atoms with Gasteiger partial charge in [-0.2, -0.15) is 0 Å². The van der Waals surface area contributed by atoms with Gasteiger partial charge in [-0.05, 0) is 70.0 Å². The van der Waals surface area contributed by atoms with E-state index in [2.05, 4.69) is 47.2 Å². The molecule has 0 bridgehead atoms. The molecular weight excluding hydrogens is 354 g/mol. The van der Waals surface area contributed by atoms with Crippen LogP contribution in [0.5, 0.6) is 0 Å². The molecule has 27 heavy (non-hydrogen) atoms. The summed E-state index contributed by atoms with van der Waals surface area (Å²) in [6, 6.07) is 12.6. The molecule has 2 heterocycles. The summed E-state index contributed by atoms with van der Waals surface area (Å²) < 4.78 is 0. The summed E-state index contributed by atoms with van der Waals surface area (Å²) in [5.74, 6) is 0.680. The number of aryl methyl sites for hydroxylation is 2. The van der Waals surface area contributed by atoms with Crippen molar-refractivity contribution in [2.24, 2.45) is 0 Å². The van der Waals surface area contributed by atoms with Gasteiger partial charge in [0.25, 0.3) is 0 Å². The largest absolute Gasteiger partial charge is 0.333 e. The zero-order chi connectivity index (χ0) is 19.1. The third-order valence-corrected chi connectivity index (χ3v) is 6.20. The number of carbonyl (C=O) groups is 1. The lowest BCUT2D eigenvalue weighted by molar-refractivity contribution is -0.131. The molecule has 1 aromatic heterocycles. The van der Waals surface area contributed by atoms with Crippen LogP contribution in [0, 0.1) is 13.8 Å². The topological polar surface area (TPSA) is 45.2 Å². The molecule has 0 saturated carbocycles. The lowest BCUT2D eigenvalue weighted by atomic mass is 10.1. The number of amides is 1. The van der Waals surface area contributed by atoms with Crippen molar-refractivity contribution in [3.8, 4) is 0 Å². The van der Waals surface area contributed by atoms with Crippen LogP contribution in [-0.2, 0) is 11.3 Å². The Morgan fingerprint density at radius 2 is 2.11 bits per heavy atom. The Balaban J connectivity index is 1.72. The van der Waals surface area contributed by atoms with Crippen molar-refractivity contribution in [2.75, 3.05) is 18.8 Å². The molecule has 1 unspecified atom stereocenters. The van der Waals surface area contributed by atoms with Gasteiger partial charge in [-0.15, -0.1) is 11.8 Å². The van der Waals surface area contributed by atoms with Crippen LogP contribution >= 0.6 is 11.8 Å². The second kappa shape index (κ2) is 9.90. The van der Waals surface area contributed by atoms with Gasteiger partial charge >= 0.3 is 0 Å². The van der Waals surface area contributed by atoms with Gasteiger partial charge in [0, 0.05) is 17.1 Å². The van der Waals surface area contributed by atoms with E-state index in [0.29, 0.717) is 12.3 Å². The second-order valence-electron chi connectivity index (χ2n) is 7.24. The number of hydrogen-bond acceptors (Lipinski definition) is 4. The highest BCUT2D eigenvalue weighted by molar-refractivity contribution is 8.00. The van der Waals surface area contributed by atoms with E-state index in [1.807, 2.05) is 18.2 Å². The quantitative estimate of drug-likeness (QED) is 0.767. The Morgan fingerprint density at radius 3 is 2.93 bits per heavy atom. The summed E-state index contributed by atoms with van der Waals surface area (Å²) in [6.45, 7) is 6.81. The van der Waals surface area contributed by atoms with Crippen LogP contribution in [0.1, 0.15) is 36.1 Å². The Hall–Kier alpha value is -1.85. The predicted octanol–water partition coefficient (Wildman–Crippen LogP) is 3.96. The molecule has 1 aliphatic rings. The second-order valence-corrected chi connectivity index (χ2v) is 8.25. The number of benzene rings is 1. The highest BCUT2D eigenvalue weighted by Gasteiger charge is 2.25. The summed E-state index contributed by atoms with van der Waals surface area (Å²) in [7, 11) is 0. The van der Waals surface area contributed by atoms with Gasteiger partial charge in [-0.25, -0.2) is 0 Å². The fourth-order valence-electron chi connectivity index (χ4n) is 3.48. The van der Waals surface area contributed by atoms with E-state index in [-0.39, 0.29) is 11.9 Å². The van der Waals surface area contributed by atoms with Crippen LogP contribution in [-0.4, -0.2) is 40.7 Å². The first-order valence-electron chi connectivity index (χ1n) is 9.73. The maximum atomic E-state index is 13.2. The van der Waals surface area contributed by atoms with Crippen molar-refractivity contribution >= 4 is 17.7 Å². The average molecular weight is 384 g/mol. The molecule has 0 radical (unpaired) electrons. The first-order chi connectivity index (χ1) is 13.1. The van der Waals surface area contributed by atoms with Crippen molar-refractivity contribution < 1.29 is 4.79 Å². The summed E-state index contributed by atoms with van der Waals surface area (Å²) >= 11 is 1.65. The molecule has 0 aliphatic carbocycles. The molecule has 1 aliphatic heterocycles. The maximum Gasteiger partial charge on any atom is 0.233 e. The minimum Gasteiger partial charge on any atom is -0.333 e. The molecular formula is C22H29N3OS. The van der Waals surface area contributed by atoms with E-state index < -0.39 is 0 Å². The average Bonchev–Trinajstić information content (AvgIpc) is 2.96. The fourth-order valence-corrected chi connectivity index (χ4v) is 4.49. The highest BCUT2D eigenvalue weighted by Crippen LogP contribution is 2.25. The maximum absolute atomic E-state index is 13.2. The van der Waals surface area contributed by atoms with Gasteiger partial charge in [0.05, 0.1) is 18.0 Å². The van der Waals surface area contributed by atoms with Gasteiger partial charge in [0.15, 0.2) is 0 Å². The number of nitrogens with zero attached hydrogens (tertiary/aromatic N) is 2. The smallest absolute Gasteiger partial charge is 0.233 e. The monoisotopic (exact) mass is 383 g/mol. The molecule has 1 N–H and O–H groups in total. The molecule has 1 amide bonds. The molecule has 5 heteroatoms. The Kier molecular flexibility index (Phi) is 7.30. The van der Waals surface area contributed by atoms with Crippen molar-refractivity contribution in [1.29, 1.82) is 0 Å². The third-order valence-electron chi connectivity index (χ3n) is 5.06. The predicted molar refractivity (Wildman–Crippen MR) is 112 cm³/mol. The van der Waals surface area contributed by atoms with Crippen LogP contribution in [0.3, 0.4) is 0 Å². The minimum atomic E-state index is 0.207. The molecule has 144 valence electrons. The lowest BCUT2D eigenvalue weighted by Gasteiger charge is -2.31. The van der Waals surface area contributed by atoms with Gasteiger partial charge in [0.1, 0.15) is 0 Å². The number of pyridine rings is 1. The molecule has 4 nitrogen and oxygen atoms in total. The third kappa shape index (κ3) is 5.81. The number of nitrogens with one attached hydrogen (secondary N) is 1. The molecule has 1 aromatic carbocycles. The van der Waals surface area contributed by atoms with E-state index in [0.717, 1.165) is 38.0 Å². The van der Waals surface area contributed by atoms with Crippen molar-refractivity contribution in [3.63, 3.8) is 0 Å². The number of hydrogen-bond donors (Lipinski definition) is 1. The van der Waals surface area contributed by atoms with Crippen LogP contribution in [0.4, 0.5) is 0 Å². The van der Waals surface area contributed by atoms with Gasteiger partial charge < -0.3 is 10.2 Å². The number of thioether (sulfide) groups is 1. The van der Waals surface area contributed by atoms with Crippen LogP contribution < -0.4 is 5.32 Å². The van der Waals surface area contributed by atoms with Gasteiger partial charge in [-0.3, -0.25) is 9.78 Å². The first-order valence-corrected chi connectivity index (χ1v) is 10.7. The zero-order valence-corrected chi connectivity index (χ0v) is 17.1. The van der Waals surface area contributed by atoms with E-state index in [9.17, 15) is 4.79 Å². The lowest BCUT2D eigenvalue weighted by Crippen LogP contribution is -2.41. The number of carbonyl (C=O) groups excluding carboxylic acids is 1. The van der Waals surface area contributed by atoms with Crippen molar-refractivity contribution in [3.05, 3.63) is 59.4 Å². The summed E-state index contributed by atoms with van der Waals surface area (Å²) in [6.07, 6.45) is 4.98. The van der Waals surface area contributed by atoms with Crippen molar-refractivity contribution in [2.45, 2.75) is 50.6 Å². The molecule has 3 rings (SSSR count). The molecule has 1 atom stereocenters. The minimum absolute atomic E-state index is 0.207. The standard InChI is InChI=1S/C22H29N3OS/c1-17-8-9-18(2)21(14-17)27-16-22(26)25(15-19-6-3-4-12-24-19)20-7-5-11-23-13-10-20/h3-4,6,8-9,12,14,20,23H,5,7,10-11,13,15-16H2,1-2H3. The van der Waals surface area contributed by atoms with Crippen LogP contribution in [0.2, 0.25) is 0 Å². The normalized spacial score (nSPS) is 17.3. The SMILES string of the molecule is Cc1ccc(C)c(SCC(=O)N(Cc2ccccn2)C2CCCNCC2)c1. The van der Waals surface area contributed by atoms with Crippen molar-refractivity contribution in [1.82, 2.24) is 15.2 Å². The van der Waals surface area contributed by atoms with Gasteiger partial charge in [-0.1, -0.05) is 23.8 Å². The van der Waals surface area contributed by atoms with Gasteiger partial charge in [0.2, 0.25) is 5.91 Å². The fraction of sp³-hybridized carbons (Fsp3) is 0.455.